The highest BCUT2D eigenvalue weighted by Gasteiger charge is 2.37. The molecule has 74 valence electrons. The molecule has 1 aliphatic carbocycles. The molecule has 1 saturated carbocycles. The van der Waals surface area contributed by atoms with E-state index in [9.17, 15) is 0 Å². The Morgan fingerprint density at radius 3 is 2.86 bits per heavy atom. The van der Waals surface area contributed by atoms with Crippen LogP contribution in [0.5, 0.6) is 0 Å². The highest BCUT2D eigenvalue weighted by Crippen LogP contribution is 2.40. The SMILES string of the molecule is Brc1cccc(N2CC3CCC2C3)c1. The third-order valence-electron chi connectivity index (χ3n) is 3.55. The number of anilines is 1. The van der Waals surface area contributed by atoms with E-state index in [0.717, 1.165) is 12.0 Å². The maximum absolute atomic E-state index is 3.54. The van der Waals surface area contributed by atoms with Gasteiger partial charge in [-0.2, -0.15) is 0 Å². The molecule has 1 aliphatic heterocycles. The van der Waals surface area contributed by atoms with Gasteiger partial charge in [-0.1, -0.05) is 22.0 Å². The molecule has 2 fully saturated rings. The third-order valence-corrected chi connectivity index (χ3v) is 4.04. The maximum atomic E-state index is 3.54. The Morgan fingerprint density at radius 2 is 2.21 bits per heavy atom. The first-order valence-electron chi connectivity index (χ1n) is 5.35. The zero-order valence-electron chi connectivity index (χ0n) is 8.12. The molecule has 0 radical (unpaired) electrons. The number of piperidine rings is 1. The molecular weight excluding hydrogens is 238 g/mol. The lowest BCUT2D eigenvalue weighted by molar-refractivity contribution is 0.553. The summed E-state index contributed by atoms with van der Waals surface area (Å²) in [5.74, 6) is 0.971. The zero-order chi connectivity index (χ0) is 9.54. The van der Waals surface area contributed by atoms with Gasteiger partial charge < -0.3 is 4.90 Å². The van der Waals surface area contributed by atoms with Crippen molar-refractivity contribution in [3.8, 4) is 0 Å². The molecule has 0 spiro atoms. The molecule has 14 heavy (non-hydrogen) atoms. The van der Waals surface area contributed by atoms with E-state index in [1.165, 1.54) is 36.0 Å². The van der Waals surface area contributed by atoms with Crippen molar-refractivity contribution in [1.82, 2.24) is 0 Å². The lowest BCUT2D eigenvalue weighted by Gasteiger charge is -2.29. The molecule has 0 aromatic heterocycles. The van der Waals surface area contributed by atoms with Crippen LogP contribution in [0.1, 0.15) is 19.3 Å². The summed E-state index contributed by atoms with van der Waals surface area (Å²) in [5, 5.41) is 0. The summed E-state index contributed by atoms with van der Waals surface area (Å²) in [7, 11) is 0. The van der Waals surface area contributed by atoms with Gasteiger partial charge in [0.2, 0.25) is 0 Å². The molecule has 1 saturated heterocycles. The molecular formula is C12H14BrN. The van der Waals surface area contributed by atoms with E-state index in [1.54, 1.807) is 0 Å². The number of fused-ring (bicyclic) bond motifs is 2. The lowest BCUT2D eigenvalue weighted by Crippen LogP contribution is -2.31. The van der Waals surface area contributed by atoms with E-state index in [2.05, 4.69) is 45.1 Å². The van der Waals surface area contributed by atoms with Gasteiger partial charge in [-0.3, -0.25) is 0 Å². The number of hydrogen-bond acceptors (Lipinski definition) is 1. The second-order valence-electron chi connectivity index (χ2n) is 4.47. The first kappa shape index (κ1) is 8.78. The minimum atomic E-state index is 0.828. The molecule has 2 bridgehead atoms. The Kier molecular flexibility index (Phi) is 2.05. The van der Waals surface area contributed by atoms with Crippen LogP contribution >= 0.6 is 15.9 Å². The Bertz CT molecular complexity index is 350. The van der Waals surface area contributed by atoms with E-state index < -0.39 is 0 Å². The summed E-state index contributed by atoms with van der Waals surface area (Å²) >= 11 is 3.54. The van der Waals surface area contributed by atoms with Crippen molar-refractivity contribution in [2.24, 2.45) is 5.92 Å². The average Bonchev–Trinajstić information content (AvgIpc) is 2.78. The Morgan fingerprint density at radius 1 is 1.29 bits per heavy atom. The van der Waals surface area contributed by atoms with E-state index in [4.69, 9.17) is 0 Å². The number of nitrogens with zero attached hydrogens (tertiary/aromatic N) is 1. The second kappa shape index (κ2) is 3.27. The van der Waals surface area contributed by atoms with Gasteiger partial charge in [0.25, 0.3) is 0 Å². The van der Waals surface area contributed by atoms with Crippen LogP contribution in [0.3, 0.4) is 0 Å². The van der Waals surface area contributed by atoms with Crippen molar-refractivity contribution in [2.45, 2.75) is 25.3 Å². The van der Waals surface area contributed by atoms with Crippen molar-refractivity contribution < 1.29 is 0 Å². The Balaban J connectivity index is 1.89. The van der Waals surface area contributed by atoms with Crippen molar-refractivity contribution in [1.29, 1.82) is 0 Å². The highest BCUT2D eigenvalue weighted by molar-refractivity contribution is 9.10. The molecule has 0 amide bonds. The molecule has 1 nitrogen and oxygen atoms in total. The summed E-state index contributed by atoms with van der Waals surface area (Å²) in [6.07, 6.45) is 4.28. The van der Waals surface area contributed by atoms with Crippen LogP contribution in [0.4, 0.5) is 5.69 Å². The third kappa shape index (κ3) is 1.36. The molecule has 2 atom stereocenters. The first-order chi connectivity index (χ1) is 6.83. The van der Waals surface area contributed by atoms with Crippen LogP contribution in [-0.4, -0.2) is 12.6 Å². The Hall–Kier alpha value is -0.500. The van der Waals surface area contributed by atoms with Gasteiger partial charge in [0, 0.05) is 22.7 Å². The van der Waals surface area contributed by atoms with Gasteiger partial charge in [0.15, 0.2) is 0 Å². The lowest BCUT2D eigenvalue weighted by atomic mass is 10.1. The van der Waals surface area contributed by atoms with Crippen molar-refractivity contribution in [3.63, 3.8) is 0 Å². The first-order valence-corrected chi connectivity index (χ1v) is 6.14. The van der Waals surface area contributed by atoms with E-state index in [1.807, 2.05) is 0 Å². The molecule has 1 heterocycles. The predicted octanol–water partition coefficient (Wildman–Crippen LogP) is 3.44. The fraction of sp³-hybridized carbons (Fsp3) is 0.500. The summed E-state index contributed by atoms with van der Waals surface area (Å²) in [5.41, 5.74) is 1.39. The van der Waals surface area contributed by atoms with Crippen LogP contribution in [0, 0.1) is 5.92 Å². The number of halogens is 1. The normalized spacial score (nSPS) is 29.9. The zero-order valence-corrected chi connectivity index (χ0v) is 9.70. The molecule has 1 aromatic carbocycles. The van der Waals surface area contributed by atoms with Gasteiger partial charge in [-0.05, 0) is 43.4 Å². The van der Waals surface area contributed by atoms with Gasteiger partial charge >= 0.3 is 0 Å². The minimum absolute atomic E-state index is 0.828. The van der Waals surface area contributed by atoms with Crippen LogP contribution < -0.4 is 4.90 Å². The smallest absolute Gasteiger partial charge is 0.0380 e. The summed E-state index contributed by atoms with van der Waals surface area (Å²) < 4.78 is 1.19. The average molecular weight is 252 g/mol. The largest absolute Gasteiger partial charge is 0.368 e. The molecule has 0 N–H and O–H groups in total. The number of benzene rings is 1. The molecule has 2 unspecified atom stereocenters. The van der Waals surface area contributed by atoms with Crippen LogP contribution in [0.2, 0.25) is 0 Å². The standard InChI is InChI=1S/C12H14BrN/c13-10-2-1-3-11(7-10)14-8-9-4-5-12(14)6-9/h1-3,7,9,12H,4-6,8H2. The second-order valence-corrected chi connectivity index (χ2v) is 5.38. The van der Waals surface area contributed by atoms with E-state index in [-0.39, 0.29) is 0 Å². The van der Waals surface area contributed by atoms with Crippen LogP contribution in [0.15, 0.2) is 28.7 Å². The molecule has 3 rings (SSSR count). The van der Waals surface area contributed by atoms with E-state index in [0.29, 0.717) is 0 Å². The molecule has 2 aliphatic rings. The van der Waals surface area contributed by atoms with Crippen molar-refractivity contribution in [3.05, 3.63) is 28.7 Å². The van der Waals surface area contributed by atoms with Gasteiger partial charge in [-0.15, -0.1) is 0 Å². The maximum Gasteiger partial charge on any atom is 0.0380 e. The highest BCUT2D eigenvalue weighted by atomic mass is 79.9. The van der Waals surface area contributed by atoms with E-state index >= 15 is 0 Å². The summed E-state index contributed by atoms with van der Waals surface area (Å²) in [6, 6.07) is 9.52. The monoisotopic (exact) mass is 251 g/mol. The molecule has 2 heteroatoms. The molecule has 1 aromatic rings. The van der Waals surface area contributed by atoms with Gasteiger partial charge in [0.05, 0.1) is 0 Å². The summed E-state index contributed by atoms with van der Waals surface area (Å²) in [6.45, 7) is 1.28. The fourth-order valence-corrected chi connectivity index (χ4v) is 3.28. The minimum Gasteiger partial charge on any atom is -0.368 e. The predicted molar refractivity (Wildman–Crippen MR) is 62.6 cm³/mol. The van der Waals surface area contributed by atoms with Crippen molar-refractivity contribution >= 4 is 21.6 Å². The fourth-order valence-electron chi connectivity index (χ4n) is 2.90. The number of hydrogen-bond donors (Lipinski definition) is 0. The van der Waals surface area contributed by atoms with Gasteiger partial charge in [0.1, 0.15) is 0 Å². The number of rotatable bonds is 1. The van der Waals surface area contributed by atoms with Gasteiger partial charge in [-0.25, -0.2) is 0 Å². The van der Waals surface area contributed by atoms with Crippen molar-refractivity contribution in [2.75, 3.05) is 11.4 Å². The summed E-state index contributed by atoms with van der Waals surface area (Å²) in [4.78, 5) is 2.58. The van der Waals surface area contributed by atoms with Crippen LogP contribution in [0.25, 0.3) is 0 Å². The van der Waals surface area contributed by atoms with Crippen LogP contribution in [-0.2, 0) is 0 Å². The Labute approximate surface area is 93.2 Å². The quantitative estimate of drug-likeness (QED) is 0.740. The topological polar surface area (TPSA) is 3.24 Å².